The van der Waals surface area contributed by atoms with Gasteiger partial charge in [-0.05, 0) is 31.0 Å². The van der Waals surface area contributed by atoms with Gasteiger partial charge in [-0.3, -0.25) is 4.79 Å². The molecular weight excluding hydrogens is 267 g/mol. The minimum Gasteiger partial charge on any atom is -0.302 e. The van der Waals surface area contributed by atoms with Gasteiger partial charge in [-0.25, -0.2) is 0 Å². The predicted molar refractivity (Wildman–Crippen MR) is 70.3 cm³/mol. The number of carbonyl (C=O) groups excluding carboxylic acids is 1. The molecule has 2 rings (SSSR count). The van der Waals surface area contributed by atoms with E-state index in [9.17, 15) is 18.0 Å². The number of likely N-dealkylation sites (N-methyl/N-ethyl adjacent to an activating group) is 1. The molecule has 0 aliphatic heterocycles. The largest absolute Gasteiger partial charge is 0.416 e. The van der Waals surface area contributed by atoms with E-state index in [4.69, 9.17) is 0 Å². The second-order valence-electron chi connectivity index (χ2n) is 5.11. The molecule has 1 fully saturated rings. The van der Waals surface area contributed by atoms with Crippen molar-refractivity contribution in [2.45, 2.75) is 44.3 Å². The van der Waals surface area contributed by atoms with Crippen LogP contribution in [0.5, 0.6) is 0 Å². The summed E-state index contributed by atoms with van der Waals surface area (Å²) in [6.45, 7) is 2.26. The predicted octanol–water partition coefficient (Wildman–Crippen LogP) is 3.65. The van der Waals surface area contributed by atoms with Gasteiger partial charge in [0.05, 0.1) is 5.56 Å². The average molecular weight is 285 g/mol. The van der Waals surface area contributed by atoms with Gasteiger partial charge in [0, 0.05) is 6.42 Å². The number of rotatable bonds is 3. The summed E-state index contributed by atoms with van der Waals surface area (Å²) in [6, 6.07) is 5.40. The molecule has 0 saturated heterocycles. The third-order valence-electron chi connectivity index (χ3n) is 3.85. The van der Waals surface area contributed by atoms with Crippen molar-refractivity contribution in [1.82, 2.24) is 5.32 Å². The molecule has 1 aromatic rings. The van der Waals surface area contributed by atoms with Crippen LogP contribution in [0.1, 0.15) is 43.7 Å². The first-order valence-electron chi connectivity index (χ1n) is 6.87. The summed E-state index contributed by atoms with van der Waals surface area (Å²) in [4.78, 5) is 12.4. The number of halogens is 3. The summed E-state index contributed by atoms with van der Waals surface area (Å²) in [5.41, 5.74) is -1.82. The van der Waals surface area contributed by atoms with Crippen molar-refractivity contribution >= 4 is 5.78 Å². The molecule has 0 radical (unpaired) electrons. The molecule has 0 bridgehead atoms. The van der Waals surface area contributed by atoms with Crippen molar-refractivity contribution in [1.29, 1.82) is 0 Å². The molecule has 110 valence electrons. The topological polar surface area (TPSA) is 29.1 Å². The van der Waals surface area contributed by atoms with Crippen molar-refractivity contribution in [3.8, 4) is 0 Å². The summed E-state index contributed by atoms with van der Waals surface area (Å²) < 4.78 is 39.6. The van der Waals surface area contributed by atoms with Gasteiger partial charge in [-0.2, -0.15) is 13.2 Å². The van der Waals surface area contributed by atoms with E-state index in [0.29, 0.717) is 19.4 Å². The number of benzene rings is 1. The Hall–Kier alpha value is -1.36. The molecular formula is C15H18F3NO. The summed E-state index contributed by atoms with van der Waals surface area (Å²) in [5.74, 6) is -0.137. The molecule has 0 aromatic heterocycles. The summed E-state index contributed by atoms with van der Waals surface area (Å²) in [6.07, 6.45) is -2.19. The molecule has 0 heterocycles. The number of hydrogen-bond donors (Lipinski definition) is 1. The SMILES string of the molecule is CCNC1(c2ccccc2C(F)(F)F)CCCCC1=O. The highest BCUT2D eigenvalue weighted by atomic mass is 19.4. The lowest BCUT2D eigenvalue weighted by Gasteiger charge is -2.38. The van der Waals surface area contributed by atoms with Crippen LogP contribution >= 0.6 is 0 Å². The second kappa shape index (κ2) is 5.56. The fraction of sp³-hybridized carbons (Fsp3) is 0.533. The smallest absolute Gasteiger partial charge is 0.302 e. The number of Topliss-reactive ketones (excluding diaryl/α,β-unsaturated/α-hetero) is 1. The second-order valence-corrected chi connectivity index (χ2v) is 5.11. The van der Waals surface area contributed by atoms with Crippen LogP contribution in [-0.4, -0.2) is 12.3 Å². The standard InChI is InChI=1S/C15H18F3NO/c1-2-19-14(10-6-5-9-13(14)20)11-7-3-4-8-12(11)15(16,17)18/h3-4,7-8,19H,2,5-6,9-10H2,1H3. The third kappa shape index (κ3) is 2.59. The fourth-order valence-corrected chi connectivity index (χ4v) is 3.00. The number of ketones is 1. The van der Waals surface area contributed by atoms with Crippen LogP contribution < -0.4 is 5.32 Å². The van der Waals surface area contributed by atoms with E-state index < -0.39 is 17.3 Å². The molecule has 1 atom stereocenters. The van der Waals surface area contributed by atoms with Crippen LogP contribution in [-0.2, 0) is 16.5 Å². The lowest BCUT2D eigenvalue weighted by molar-refractivity contribution is -0.140. The number of hydrogen-bond acceptors (Lipinski definition) is 2. The molecule has 1 aliphatic carbocycles. The van der Waals surface area contributed by atoms with Gasteiger partial charge >= 0.3 is 6.18 Å². The van der Waals surface area contributed by atoms with E-state index in [1.165, 1.54) is 12.1 Å². The maximum atomic E-state index is 13.2. The lowest BCUT2D eigenvalue weighted by Crippen LogP contribution is -2.51. The van der Waals surface area contributed by atoms with Crippen LogP contribution in [0.4, 0.5) is 13.2 Å². The highest BCUT2D eigenvalue weighted by molar-refractivity contribution is 5.90. The first-order chi connectivity index (χ1) is 9.42. The van der Waals surface area contributed by atoms with Crippen LogP contribution in [0.15, 0.2) is 24.3 Å². The van der Waals surface area contributed by atoms with Crippen molar-refractivity contribution in [2.75, 3.05) is 6.54 Å². The fourth-order valence-electron chi connectivity index (χ4n) is 3.00. The first kappa shape index (κ1) is 15.0. The molecule has 1 aliphatic rings. The van der Waals surface area contributed by atoms with Crippen LogP contribution in [0.2, 0.25) is 0 Å². The Bertz CT molecular complexity index is 494. The molecule has 5 heteroatoms. The van der Waals surface area contributed by atoms with Gasteiger partial charge in [-0.15, -0.1) is 0 Å². The summed E-state index contributed by atoms with van der Waals surface area (Å²) >= 11 is 0. The Kier molecular flexibility index (Phi) is 4.18. The van der Waals surface area contributed by atoms with Gasteiger partial charge in [-0.1, -0.05) is 31.5 Å². The van der Waals surface area contributed by atoms with E-state index in [0.717, 1.165) is 18.9 Å². The molecule has 1 N–H and O–H groups in total. The average Bonchev–Trinajstić information content (AvgIpc) is 2.41. The Morgan fingerprint density at radius 3 is 2.55 bits per heavy atom. The van der Waals surface area contributed by atoms with Gasteiger partial charge in [0.25, 0.3) is 0 Å². The van der Waals surface area contributed by atoms with Crippen LogP contribution in [0, 0.1) is 0 Å². The quantitative estimate of drug-likeness (QED) is 0.918. The van der Waals surface area contributed by atoms with Crippen molar-refractivity contribution in [2.24, 2.45) is 0 Å². The van der Waals surface area contributed by atoms with Gasteiger partial charge < -0.3 is 5.32 Å². The van der Waals surface area contributed by atoms with E-state index in [-0.39, 0.29) is 11.3 Å². The highest BCUT2D eigenvalue weighted by Crippen LogP contribution is 2.41. The van der Waals surface area contributed by atoms with Crippen LogP contribution in [0.3, 0.4) is 0 Å². The number of alkyl halides is 3. The minimum atomic E-state index is -4.45. The molecule has 20 heavy (non-hydrogen) atoms. The maximum Gasteiger partial charge on any atom is 0.416 e. The molecule has 2 nitrogen and oxygen atoms in total. The van der Waals surface area contributed by atoms with Gasteiger partial charge in [0.2, 0.25) is 0 Å². The minimum absolute atomic E-state index is 0.0686. The van der Waals surface area contributed by atoms with E-state index >= 15 is 0 Å². The van der Waals surface area contributed by atoms with Crippen molar-refractivity contribution < 1.29 is 18.0 Å². The highest BCUT2D eigenvalue weighted by Gasteiger charge is 2.46. The van der Waals surface area contributed by atoms with Crippen molar-refractivity contribution in [3.05, 3.63) is 35.4 Å². The number of carbonyl (C=O) groups is 1. The van der Waals surface area contributed by atoms with Gasteiger partial charge in [0.15, 0.2) is 5.78 Å². The zero-order valence-corrected chi connectivity index (χ0v) is 11.4. The Labute approximate surface area is 116 Å². The van der Waals surface area contributed by atoms with Crippen molar-refractivity contribution in [3.63, 3.8) is 0 Å². The zero-order chi connectivity index (χ0) is 14.8. The summed E-state index contributed by atoms with van der Waals surface area (Å²) in [5, 5.41) is 3.03. The van der Waals surface area contributed by atoms with Crippen LogP contribution in [0.25, 0.3) is 0 Å². The normalized spacial score (nSPS) is 23.9. The van der Waals surface area contributed by atoms with E-state index in [2.05, 4.69) is 5.32 Å². The summed E-state index contributed by atoms with van der Waals surface area (Å²) in [7, 11) is 0. The van der Waals surface area contributed by atoms with E-state index in [1.54, 1.807) is 13.0 Å². The molecule has 1 unspecified atom stereocenters. The molecule has 1 saturated carbocycles. The molecule has 0 spiro atoms. The Balaban J connectivity index is 2.58. The molecule has 0 amide bonds. The van der Waals surface area contributed by atoms with E-state index in [1.807, 2.05) is 0 Å². The third-order valence-corrected chi connectivity index (χ3v) is 3.85. The number of nitrogens with one attached hydrogen (secondary N) is 1. The maximum absolute atomic E-state index is 13.2. The lowest BCUT2D eigenvalue weighted by atomic mass is 9.74. The first-order valence-corrected chi connectivity index (χ1v) is 6.87. The van der Waals surface area contributed by atoms with Gasteiger partial charge in [0.1, 0.15) is 5.54 Å². The molecule has 1 aromatic carbocycles. The zero-order valence-electron chi connectivity index (χ0n) is 11.4. The Morgan fingerprint density at radius 2 is 1.95 bits per heavy atom. The Morgan fingerprint density at radius 1 is 1.25 bits per heavy atom. The monoisotopic (exact) mass is 285 g/mol.